The Bertz CT molecular complexity index is 421. The van der Waals surface area contributed by atoms with E-state index in [1.54, 1.807) is 0 Å². The molecule has 0 aliphatic heterocycles. The van der Waals surface area contributed by atoms with Crippen LogP contribution < -0.4 is 0 Å². The highest BCUT2D eigenvalue weighted by molar-refractivity contribution is 6.77. The van der Waals surface area contributed by atoms with Crippen molar-refractivity contribution in [2.75, 3.05) is 0 Å². The third-order valence-corrected chi connectivity index (χ3v) is 4.34. The molecule has 0 radical (unpaired) electrons. The summed E-state index contributed by atoms with van der Waals surface area (Å²) in [4.78, 5) is 0. The monoisotopic (exact) mass is 244 g/mol. The van der Waals surface area contributed by atoms with Gasteiger partial charge in [0.15, 0.2) is 0 Å². The zero-order valence-electron chi connectivity index (χ0n) is 11.6. The van der Waals surface area contributed by atoms with Gasteiger partial charge < -0.3 is 0 Å². The lowest BCUT2D eigenvalue weighted by atomic mass is 10.00. The normalized spacial score (nSPS) is 11.3. The Hall–Kier alpha value is -1.08. The standard InChI is InChI=1S/C16H24Si/c1-7-13(2)15-9-8-10-16(11-15)14(3)12-17(4,5)6/h8-11H,2-3,7,12H2,1,4-6H3. The van der Waals surface area contributed by atoms with E-state index in [4.69, 9.17) is 0 Å². The van der Waals surface area contributed by atoms with Crippen LogP contribution in [0.3, 0.4) is 0 Å². The predicted molar refractivity (Wildman–Crippen MR) is 83.0 cm³/mol. The van der Waals surface area contributed by atoms with Crippen molar-refractivity contribution in [2.45, 2.75) is 39.0 Å². The van der Waals surface area contributed by atoms with Crippen LogP contribution in [-0.2, 0) is 0 Å². The molecule has 0 aliphatic rings. The first kappa shape index (κ1) is 14.0. The van der Waals surface area contributed by atoms with Gasteiger partial charge in [-0.3, -0.25) is 0 Å². The van der Waals surface area contributed by atoms with Crippen molar-refractivity contribution in [3.05, 3.63) is 48.6 Å². The summed E-state index contributed by atoms with van der Waals surface area (Å²) in [7, 11) is -1.08. The van der Waals surface area contributed by atoms with E-state index in [0.29, 0.717) is 0 Å². The molecule has 1 rings (SSSR count). The largest absolute Gasteiger partial charge is 0.0955 e. The van der Waals surface area contributed by atoms with Gasteiger partial charge in [-0.15, -0.1) is 0 Å². The Morgan fingerprint density at radius 2 is 1.59 bits per heavy atom. The average molecular weight is 244 g/mol. The molecule has 1 heteroatoms. The summed E-state index contributed by atoms with van der Waals surface area (Å²) in [5.41, 5.74) is 5.00. The molecule has 0 nitrogen and oxygen atoms in total. The van der Waals surface area contributed by atoms with Crippen molar-refractivity contribution in [2.24, 2.45) is 0 Å². The molecule has 0 aliphatic carbocycles. The molecule has 1 aromatic rings. The molecule has 1 aromatic carbocycles. The van der Waals surface area contributed by atoms with Crippen LogP contribution in [-0.4, -0.2) is 8.07 Å². The highest BCUT2D eigenvalue weighted by Gasteiger charge is 2.15. The highest BCUT2D eigenvalue weighted by atomic mass is 28.3. The molecule has 0 saturated carbocycles. The molecular formula is C16H24Si. The third-order valence-electron chi connectivity index (χ3n) is 2.85. The SMILES string of the molecule is C=C(CC)c1cccc(C(=C)C[Si](C)(C)C)c1. The minimum atomic E-state index is -1.08. The van der Waals surface area contributed by atoms with Crippen LogP contribution in [0.2, 0.25) is 25.7 Å². The number of hydrogen-bond acceptors (Lipinski definition) is 0. The quantitative estimate of drug-likeness (QED) is 0.603. The van der Waals surface area contributed by atoms with E-state index < -0.39 is 8.07 Å². The Morgan fingerprint density at radius 3 is 2.06 bits per heavy atom. The first-order chi connectivity index (χ1) is 7.83. The molecule has 0 bridgehead atoms. The molecule has 0 unspecified atom stereocenters. The second kappa shape index (κ2) is 5.50. The summed E-state index contributed by atoms with van der Waals surface area (Å²) in [5, 5.41) is 0. The summed E-state index contributed by atoms with van der Waals surface area (Å²) in [6, 6.07) is 9.80. The molecular weight excluding hydrogens is 220 g/mol. The van der Waals surface area contributed by atoms with E-state index in [-0.39, 0.29) is 0 Å². The summed E-state index contributed by atoms with van der Waals surface area (Å²) in [6.45, 7) is 17.6. The van der Waals surface area contributed by atoms with Crippen molar-refractivity contribution < 1.29 is 0 Å². The van der Waals surface area contributed by atoms with E-state index in [1.807, 2.05) is 0 Å². The van der Waals surface area contributed by atoms with E-state index in [1.165, 1.54) is 22.3 Å². The zero-order chi connectivity index (χ0) is 13.1. The van der Waals surface area contributed by atoms with Gasteiger partial charge in [-0.25, -0.2) is 0 Å². The maximum Gasteiger partial charge on any atom is 0.0487 e. The second-order valence-electron chi connectivity index (χ2n) is 5.88. The number of rotatable bonds is 5. The van der Waals surface area contributed by atoms with Crippen LogP contribution in [0, 0.1) is 0 Å². The first-order valence-corrected chi connectivity index (χ1v) is 10.0. The van der Waals surface area contributed by atoms with Crippen LogP contribution in [0.1, 0.15) is 24.5 Å². The number of benzene rings is 1. The Kier molecular flexibility index (Phi) is 4.52. The van der Waals surface area contributed by atoms with E-state index in [2.05, 4.69) is 64.0 Å². The van der Waals surface area contributed by atoms with E-state index in [0.717, 1.165) is 12.5 Å². The summed E-state index contributed by atoms with van der Waals surface area (Å²) < 4.78 is 0. The lowest BCUT2D eigenvalue weighted by molar-refractivity contribution is 1.24. The van der Waals surface area contributed by atoms with Gasteiger partial charge in [-0.05, 0) is 35.2 Å². The predicted octanol–water partition coefficient (Wildman–Crippen LogP) is 5.46. The van der Waals surface area contributed by atoms with Crippen LogP contribution in [0.15, 0.2) is 37.4 Å². The Labute approximate surface area is 107 Å². The van der Waals surface area contributed by atoms with Crippen LogP contribution >= 0.6 is 0 Å². The first-order valence-electron chi connectivity index (χ1n) is 6.30. The van der Waals surface area contributed by atoms with Gasteiger partial charge in [0.05, 0.1) is 0 Å². The van der Waals surface area contributed by atoms with E-state index in [9.17, 15) is 0 Å². The Balaban J connectivity index is 2.92. The number of hydrogen-bond donors (Lipinski definition) is 0. The van der Waals surface area contributed by atoms with Crippen molar-refractivity contribution in [3.8, 4) is 0 Å². The molecule has 17 heavy (non-hydrogen) atoms. The van der Waals surface area contributed by atoms with Gasteiger partial charge in [0.1, 0.15) is 0 Å². The number of allylic oxidation sites excluding steroid dienone is 2. The fraction of sp³-hybridized carbons (Fsp3) is 0.375. The second-order valence-corrected chi connectivity index (χ2v) is 11.4. The molecule has 0 spiro atoms. The minimum absolute atomic E-state index is 1.00. The van der Waals surface area contributed by atoms with Crippen LogP contribution in [0.25, 0.3) is 11.1 Å². The molecule has 0 fully saturated rings. The molecule has 0 N–H and O–H groups in total. The summed E-state index contributed by atoms with van der Waals surface area (Å²) in [6.07, 6.45) is 1.00. The Morgan fingerprint density at radius 1 is 1.06 bits per heavy atom. The van der Waals surface area contributed by atoms with Crippen molar-refractivity contribution in [1.82, 2.24) is 0 Å². The highest BCUT2D eigenvalue weighted by Crippen LogP contribution is 2.26. The van der Waals surface area contributed by atoms with Crippen molar-refractivity contribution in [1.29, 1.82) is 0 Å². The van der Waals surface area contributed by atoms with Crippen LogP contribution in [0.4, 0.5) is 0 Å². The van der Waals surface area contributed by atoms with Crippen molar-refractivity contribution in [3.63, 3.8) is 0 Å². The van der Waals surface area contributed by atoms with E-state index >= 15 is 0 Å². The molecule has 0 aromatic heterocycles. The summed E-state index contributed by atoms with van der Waals surface area (Å²) in [5.74, 6) is 0. The topological polar surface area (TPSA) is 0 Å². The lowest BCUT2D eigenvalue weighted by Crippen LogP contribution is -2.19. The van der Waals surface area contributed by atoms with Gasteiger partial charge >= 0.3 is 0 Å². The van der Waals surface area contributed by atoms with Gasteiger partial charge in [0, 0.05) is 8.07 Å². The zero-order valence-corrected chi connectivity index (χ0v) is 12.6. The molecule has 92 valence electrons. The smallest absolute Gasteiger partial charge is 0.0487 e. The molecule has 0 saturated heterocycles. The van der Waals surface area contributed by atoms with Gasteiger partial charge in [-0.1, -0.05) is 63.5 Å². The molecule has 0 heterocycles. The van der Waals surface area contributed by atoms with Crippen LogP contribution in [0.5, 0.6) is 0 Å². The fourth-order valence-corrected chi connectivity index (χ4v) is 3.39. The third kappa shape index (κ3) is 4.35. The summed E-state index contributed by atoms with van der Waals surface area (Å²) >= 11 is 0. The fourth-order valence-electron chi connectivity index (χ4n) is 1.91. The van der Waals surface area contributed by atoms with Gasteiger partial charge in [0.2, 0.25) is 0 Å². The van der Waals surface area contributed by atoms with Gasteiger partial charge in [0.25, 0.3) is 0 Å². The van der Waals surface area contributed by atoms with Crippen molar-refractivity contribution >= 4 is 19.2 Å². The maximum absolute atomic E-state index is 4.24. The average Bonchev–Trinajstić information content (AvgIpc) is 2.26. The molecule has 0 atom stereocenters. The van der Waals surface area contributed by atoms with Gasteiger partial charge in [-0.2, -0.15) is 0 Å². The lowest BCUT2D eigenvalue weighted by Gasteiger charge is -2.18. The minimum Gasteiger partial charge on any atom is -0.0955 e. The maximum atomic E-state index is 4.24. The molecule has 0 amide bonds.